The number of rotatable bonds is 2. The molecule has 0 fully saturated rings. The summed E-state index contributed by atoms with van der Waals surface area (Å²) in [6, 6.07) is 18.0. The molecule has 0 saturated heterocycles. The standard InChI is InChI=1S/C17H14NO/c1-13(19)14-6-8-17(9-7-14)18-11-10-15-4-2-3-5-16(15)12-18/h2-12H,1H3/q+1. The number of pyridine rings is 1. The predicted molar refractivity (Wildman–Crippen MR) is 75.5 cm³/mol. The lowest BCUT2D eigenvalue weighted by Crippen LogP contribution is -2.29. The van der Waals surface area contributed by atoms with Gasteiger partial charge < -0.3 is 0 Å². The molecule has 2 nitrogen and oxygen atoms in total. The normalized spacial score (nSPS) is 10.6. The van der Waals surface area contributed by atoms with Gasteiger partial charge in [-0.25, -0.2) is 0 Å². The van der Waals surface area contributed by atoms with Gasteiger partial charge in [0.25, 0.3) is 0 Å². The van der Waals surface area contributed by atoms with Crippen molar-refractivity contribution in [2.24, 2.45) is 0 Å². The first-order valence-corrected chi connectivity index (χ1v) is 6.25. The van der Waals surface area contributed by atoms with Gasteiger partial charge in [-0.3, -0.25) is 4.79 Å². The molecule has 0 spiro atoms. The topological polar surface area (TPSA) is 20.9 Å². The zero-order chi connectivity index (χ0) is 13.2. The number of hydrogen-bond acceptors (Lipinski definition) is 1. The van der Waals surface area contributed by atoms with Gasteiger partial charge in [0.15, 0.2) is 18.2 Å². The molecule has 2 aromatic carbocycles. The number of carbonyl (C=O) groups is 1. The minimum Gasteiger partial charge on any atom is -0.295 e. The summed E-state index contributed by atoms with van der Waals surface area (Å²) in [5.41, 5.74) is 1.79. The monoisotopic (exact) mass is 248 g/mol. The van der Waals surface area contributed by atoms with Gasteiger partial charge in [-0.15, -0.1) is 0 Å². The zero-order valence-corrected chi connectivity index (χ0v) is 10.7. The van der Waals surface area contributed by atoms with Crippen molar-refractivity contribution in [3.05, 3.63) is 72.6 Å². The van der Waals surface area contributed by atoms with Crippen LogP contribution in [-0.4, -0.2) is 5.78 Å². The quantitative estimate of drug-likeness (QED) is 0.503. The predicted octanol–water partition coefficient (Wildman–Crippen LogP) is 3.32. The minimum absolute atomic E-state index is 0.0926. The van der Waals surface area contributed by atoms with E-state index in [-0.39, 0.29) is 5.78 Å². The third kappa shape index (κ3) is 2.25. The first-order valence-electron chi connectivity index (χ1n) is 6.25. The third-order valence-corrected chi connectivity index (χ3v) is 3.26. The first-order chi connectivity index (χ1) is 9.24. The fourth-order valence-electron chi connectivity index (χ4n) is 2.16. The molecule has 0 N–H and O–H groups in total. The van der Waals surface area contributed by atoms with E-state index in [1.54, 1.807) is 6.92 Å². The van der Waals surface area contributed by atoms with Crippen molar-refractivity contribution in [2.75, 3.05) is 0 Å². The van der Waals surface area contributed by atoms with E-state index in [1.807, 2.05) is 42.6 Å². The van der Waals surface area contributed by atoms with Crippen molar-refractivity contribution in [1.82, 2.24) is 0 Å². The molecule has 0 aliphatic carbocycles. The number of aromatic nitrogens is 1. The van der Waals surface area contributed by atoms with Gasteiger partial charge >= 0.3 is 0 Å². The maximum Gasteiger partial charge on any atom is 0.210 e. The summed E-state index contributed by atoms with van der Waals surface area (Å²) in [6.07, 6.45) is 4.13. The maximum atomic E-state index is 11.3. The number of Topliss-reactive ketones (excluding diaryl/α,β-unsaturated/α-hetero) is 1. The third-order valence-electron chi connectivity index (χ3n) is 3.26. The molecule has 3 aromatic rings. The molecule has 2 heteroatoms. The average Bonchev–Trinajstić information content (AvgIpc) is 2.47. The van der Waals surface area contributed by atoms with Crippen LogP contribution in [0, 0.1) is 0 Å². The van der Waals surface area contributed by atoms with Crippen LogP contribution in [0.4, 0.5) is 0 Å². The Morgan fingerprint density at radius 2 is 1.58 bits per heavy atom. The van der Waals surface area contributed by atoms with E-state index >= 15 is 0 Å². The largest absolute Gasteiger partial charge is 0.295 e. The van der Waals surface area contributed by atoms with Crippen LogP contribution in [0.25, 0.3) is 16.5 Å². The van der Waals surface area contributed by atoms with Crippen LogP contribution in [0.1, 0.15) is 17.3 Å². The minimum atomic E-state index is 0.0926. The van der Waals surface area contributed by atoms with Crippen LogP contribution in [-0.2, 0) is 0 Å². The van der Waals surface area contributed by atoms with E-state index in [4.69, 9.17) is 0 Å². The second kappa shape index (κ2) is 4.65. The molecular formula is C17H14NO+. The molecule has 0 aliphatic rings. The molecular weight excluding hydrogens is 234 g/mol. The van der Waals surface area contributed by atoms with Crippen LogP contribution in [0.3, 0.4) is 0 Å². The molecule has 0 atom stereocenters. The fraction of sp³-hybridized carbons (Fsp3) is 0.0588. The van der Waals surface area contributed by atoms with Gasteiger partial charge in [0.2, 0.25) is 5.69 Å². The SMILES string of the molecule is CC(=O)c1ccc(-[n+]2ccc3ccccc3c2)cc1. The number of nitrogens with zero attached hydrogens (tertiary/aromatic N) is 1. The van der Waals surface area contributed by atoms with E-state index in [1.165, 1.54) is 10.8 Å². The molecule has 19 heavy (non-hydrogen) atoms. The Hall–Kier alpha value is -2.48. The van der Waals surface area contributed by atoms with Gasteiger partial charge in [-0.2, -0.15) is 4.57 Å². The second-order valence-electron chi connectivity index (χ2n) is 4.58. The first kappa shape index (κ1) is 11.6. The Kier molecular flexibility index (Phi) is 2.84. The Morgan fingerprint density at radius 1 is 0.895 bits per heavy atom. The van der Waals surface area contributed by atoms with Crippen molar-refractivity contribution in [3.8, 4) is 5.69 Å². The maximum absolute atomic E-state index is 11.3. The van der Waals surface area contributed by atoms with Gasteiger partial charge in [-0.05, 0) is 30.5 Å². The highest BCUT2D eigenvalue weighted by molar-refractivity contribution is 5.94. The highest BCUT2D eigenvalue weighted by atomic mass is 16.1. The summed E-state index contributed by atoms with van der Waals surface area (Å²) in [6.45, 7) is 1.58. The molecule has 0 aliphatic heterocycles. The lowest BCUT2D eigenvalue weighted by atomic mass is 10.1. The van der Waals surface area contributed by atoms with Crippen molar-refractivity contribution in [1.29, 1.82) is 0 Å². The highest BCUT2D eigenvalue weighted by Crippen LogP contribution is 2.11. The number of fused-ring (bicyclic) bond motifs is 1. The number of benzene rings is 2. The van der Waals surface area contributed by atoms with Gasteiger partial charge in [0.05, 0.1) is 0 Å². The van der Waals surface area contributed by atoms with Crippen LogP contribution in [0.15, 0.2) is 67.0 Å². The van der Waals surface area contributed by atoms with Crippen molar-refractivity contribution in [3.63, 3.8) is 0 Å². The fourth-order valence-corrected chi connectivity index (χ4v) is 2.16. The summed E-state index contributed by atoms with van der Waals surface area (Å²) in [4.78, 5) is 11.3. The highest BCUT2D eigenvalue weighted by Gasteiger charge is 2.07. The van der Waals surface area contributed by atoms with Gasteiger partial charge in [-0.1, -0.05) is 18.2 Å². The molecule has 92 valence electrons. The molecule has 0 bridgehead atoms. The van der Waals surface area contributed by atoms with E-state index < -0.39 is 0 Å². The second-order valence-corrected chi connectivity index (χ2v) is 4.58. The van der Waals surface area contributed by atoms with Crippen LogP contribution in [0.2, 0.25) is 0 Å². The van der Waals surface area contributed by atoms with Crippen LogP contribution < -0.4 is 4.57 Å². The Labute approximate surface area is 111 Å². The van der Waals surface area contributed by atoms with Crippen LogP contribution in [0.5, 0.6) is 0 Å². The Balaban J connectivity index is 2.06. The molecule has 0 unspecified atom stereocenters. The average molecular weight is 248 g/mol. The summed E-state index contributed by atoms with van der Waals surface area (Å²) in [5.74, 6) is 0.0926. The summed E-state index contributed by atoms with van der Waals surface area (Å²) in [5, 5.41) is 2.42. The van der Waals surface area contributed by atoms with Crippen molar-refractivity contribution < 1.29 is 9.36 Å². The van der Waals surface area contributed by atoms with Crippen molar-refractivity contribution >= 4 is 16.6 Å². The zero-order valence-electron chi connectivity index (χ0n) is 10.7. The number of carbonyl (C=O) groups excluding carboxylic acids is 1. The molecule has 3 rings (SSSR count). The Bertz CT molecular complexity index is 745. The smallest absolute Gasteiger partial charge is 0.210 e. The molecule has 1 heterocycles. The lowest BCUT2D eigenvalue weighted by molar-refractivity contribution is -0.594. The molecule has 1 aromatic heterocycles. The van der Waals surface area contributed by atoms with E-state index in [0.717, 1.165) is 11.3 Å². The van der Waals surface area contributed by atoms with E-state index in [2.05, 4.69) is 29.0 Å². The Morgan fingerprint density at radius 3 is 2.26 bits per heavy atom. The number of hydrogen-bond donors (Lipinski definition) is 0. The van der Waals surface area contributed by atoms with Crippen molar-refractivity contribution in [2.45, 2.75) is 6.92 Å². The molecule has 0 saturated carbocycles. The van der Waals surface area contributed by atoms with E-state index in [9.17, 15) is 4.79 Å². The van der Waals surface area contributed by atoms with Gasteiger partial charge in [0, 0.05) is 29.1 Å². The van der Waals surface area contributed by atoms with Gasteiger partial charge in [0.1, 0.15) is 0 Å². The van der Waals surface area contributed by atoms with Crippen LogP contribution >= 0.6 is 0 Å². The summed E-state index contributed by atoms with van der Waals surface area (Å²) < 4.78 is 2.06. The number of ketones is 1. The molecule has 0 amide bonds. The summed E-state index contributed by atoms with van der Waals surface area (Å²) in [7, 11) is 0. The molecule has 0 radical (unpaired) electrons. The van der Waals surface area contributed by atoms with E-state index in [0.29, 0.717) is 0 Å². The lowest BCUT2D eigenvalue weighted by Gasteiger charge is -1.99. The summed E-state index contributed by atoms with van der Waals surface area (Å²) >= 11 is 0.